The van der Waals surface area contributed by atoms with Gasteiger partial charge in [-0.15, -0.1) is 0 Å². The SMILES string of the molecule is [N-]=[N+]=NC[C@@H](O)c1cccc(NC(=O)O)n1. The molecule has 0 spiro atoms. The number of aromatic nitrogens is 1. The van der Waals surface area contributed by atoms with Crippen LogP contribution in [0.15, 0.2) is 23.3 Å². The van der Waals surface area contributed by atoms with Gasteiger partial charge in [0.1, 0.15) is 11.9 Å². The summed E-state index contributed by atoms with van der Waals surface area (Å²) < 4.78 is 0. The monoisotopic (exact) mass is 223 g/mol. The number of rotatable bonds is 4. The van der Waals surface area contributed by atoms with Gasteiger partial charge in [-0.05, 0) is 17.7 Å². The molecule has 84 valence electrons. The quantitative estimate of drug-likeness (QED) is 0.405. The number of carboxylic acid groups (broad SMARTS) is 1. The molecule has 3 N–H and O–H groups in total. The third-order valence-corrected chi connectivity index (χ3v) is 1.66. The van der Waals surface area contributed by atoms with Crippen molar-refractivity contribution in [1.29, 1.82) is 0 Å². The van der Waals surface area contributed by atoms with Crippen LogP contribution in [0.4, 0.5) is 10.6 Å². The Bertz CT molecular complexity index is 429. The Morgan fingerprint density at radius 1 is 1.69 bits per heavy atom. The smallest absolute Gasteiger partial charge is 0.410 e. The van der Waals surface area contributed by atoms with E-state index in [4.69, 9.17) is 10.6 Å². The van der Waals surface area contributed by atoms with Gasteiger partial charge in [-0.2, -0.15) is 0 Å². The second-order valence-electron chi connectivity index (χ2n) is 2.81. The average molecular weight is 223 g/mol. The number of anilines is 1. The Morgan fingerprint density at radius 3 is 3.06 bits per heavy atom. The Kier molecular flexibility index (Phi) is 4.07. The minimum atomic E-state index is -1.24. The van der Waals surface area contributed by atoms with Crippen molar-refractivity contribution in [2.24, 2.45) is 5.11 Å². The summed E-state index contributed by atoms with van der Waals surface area (Å²) in [6.07, 6.45) is -2.29. The molecular weight excluding hydrogens is 214 g/mol. The summed E-state index contributed by atoms with van der Waals surface area (Å²) >= 11 is 0. The molecule has 1 amide bonds. The third kappa shape index (κ3) is 3.45. The highest BCUT2D eigenvalue weighted by Crippen LogP contribution is 2.13. The number of aliphatic hydroxyl groups excluding tert-OH is 1. The Morgan fingerprint density at radius 2 is 2.44 bits per heavy atom. The van der Waals surface area contributed by atoms with E-state index < -0.39 is 12.2 Å². The van der Waals surface area contributed by atoms with Crippen LogP contribution in [-0.2, 0) is 0 Å². The topological polar surface area (TPSA) is 131 Å². The summed E-state index contributed by atoms with van der Waals surface area (Å²) in [5.74, 6) is 0.102. The molecule has 0 radical (unpaired) electrons. The van der Waals surface area contributed by atoms with Gasteiger partial charge in [-0.3, -0.25) is 5.32 Å². The van der Waals surface area contributed by atoms with E-state index in [2.05, 4.69) is 15.0 Å². The van der Waals surface area contributed by atoms with Crippen LogP contribution >= 0.6 is 0 Å². The van der Waals surface area contributed by atoms with E-state index in [-0.39, 0.29) is 18.1 Å². The summed E-state index contributed by atoms with van der Waals surface area (Å²) in [7, 11) is 0. The highest BCUT2D eigenvalue weighted by molar-refractivity contribution is 5.81. The van der Waals surface area contributed by atoms with E-state index >= 15 is 0 Å². The maximum Gasteiger partial charge on any atom is 0.410 e. The number of hydrogen-bond acceptors (Lipinski definition) is 4. The zero-order valence-electron chi connectivity index (χ0n) is 8.11. The van der Waals surface area contributed by atoms with Gasteiger partial charge in [0.2, 0.25) is 0 Å². The molecule has 0 aliphatic carbocycles. The fourth-order valence-corrected chi connectivity index (χ4v) is 1.02. The van der Waals surface area contributed by atoms with Gasteiger partial charge >= 0.3 is 6.09 Å². The molecule has 1 heterocycles. The van der Waals surface area contributed by atoms with E-state index in [1.807, 2.05) is 5.32 Å². The lowest BCUT2D eigenvalue weighted by molar-refractivity contribution is 0.182. The first kappa shape index (κ1) is 11.8. The lowest BCUT2D eigenvalue weighted by atomic mass is 10.2. The maximum atomic E-state index is 10.3. The minimum absolute atomic E-state index is 0.102. The first-order valence-electron chi connectivity index (χ1n) is 4.29. The predicted molar refractivity (Wildman–Crippen MR) is 54.9 cm³/mol. The van der Waals surface area contributed by atoms with Crippen LogP contribution < -0.4 is 5.32 Å². The van der Waals surface area contributed by atoms with Gasteiger partial charge < -0.3 is 10.2 Å². The second kappa shape index (κ2) is 5.54. The van der Waals surface area contributed by atoms with Crippen LogP contribution in [0.5, 0.6) is 0 Å². The number of nitrogens with zero attached hydrogens (tertiary/aromatic N) is 4. The van der Waals surface area contributed by atoms with Gasteiger partial charge in [0, 0.05) is 4.91 Å². The van der Waals surface area contributed by atoms with E-state index in [9.17, 15) is 9.90 Å². The summed E-state index contributed by atoms with van der Waals surface area (Å²) in [4.78, 5) is 16.7. The molecule has 16 heavy (non-hydrogen) atoms. The molecule has 1 aromatic rings. The zero-order valence-corrected chi connectivity index (χ0v) is 8.11. The van der Waals surface area contributed by atoms with Crippen LogP contribution in [0, 0.1) is 0 Å². The fourth-order valence-electron chi connectivity index (χ4n) is 1.02. The van der Waals surface area contributed by atoms with Crippen molar-refractivity contribution in [1.82, 2.24) is 4.98 Å². The second-order valence-corrected chi connectivity index (χ2v) is 2.81. The largest absolute Gasteiger partial charge is 0.465 e. The van der Waals surface area contributed by atoms with Crippen LogP contribution in [0.1, 0.15) is 11.8 Å². The first-order valence-corrected chi connectivity index (χ1v) is 4.29. The summed E-state index contributed by atoms with van der Waals surface area (Å²) in [6.45, 7) is -0.153. The van der Waals surface area contributed by atoms with E-state index in [1.54, 1.807) is 0 Å². The highest BCUT2D eigenvalue weighted by atomic mass is 16.4. The molecule has 1 atom stereocenters. The van der Waals surface area contributed by atoms with Crippen LogP contribution in [0.3, 0.4) is 0 Å². The molecule has 0 fully saturated rings. The predicted octanol–water partition coefficient (Wildman–Crippen LogP) is 1.52. The molecule has 0 unspecified atom stereocenters. The van der Waals surface area contributed by atoms with Gasteiger partial charge in [0.25, 0.3) is 0 Å². The van der Waals surface area contributed by atoms with Crippen molar-refractivity contribution < 1.29 is 15.0 Å². The molecule has 1 aromatic heterocycles. The summed E-state index contributed by atoms with van der Waals surface area (Å²) in [6, 6.07) is 4.48. The van der Waals surface area contributed by atoms with Crippen LogP contribution in [-0.4, -0.2) is 27.8 Å². The highest BCUT2D eigenvalue weighted by Gasteiger charge is 2.09. The number of hydrogen-bond donors (Lipinski definition) is 3. The first-order chi connectivity index (χ1) is 7.63. The molecule has 8 heteroatoms. The molecular formula is C8H9N5O3. The van der Waals surface area contributed by atoms with E-state index in [0.29, 0.717) is 0 Å². The Labute approximate surface area is 90.2 Å². The molecule has 0 saturated carbocycles. The number of carbonyl (C=O) groups is 1. The van der Waals surface area contributed by atoms with Crippen molar-refractivity contribution in [3.05, 3.63) is 34.3 Å². The Balaban J connectivity index is 2.80. The van der Waals surface area contributed by atoms with Gasteiger partial charge in [0.05, 0.1) is 12.2 Å². The molecule has 0 aliphatic rings. The van der Waals surface area contributed by atoms with E-state index in [0.717, 1.165) is 0 Å². The number of azide groups is 1. The molecule has 0 aromatic carbocycles. The van der Waals surface area contributed by atoms with Crippen molar-refractivity contribution in [3.8, 4) is 0 Å². The van der Waals surface area contributed by atoms with Crippen LogP contribution in [0.2, 0.25) is 0 Å². The van der Waals surface area contributed by atoms with Crippen molar-refractivity contribution in [2.45, 2.75) is 6.10 Å². The molecule has 0 saturated heterocycles. The molecule has 0 aliphatic heterocycles. The lowest BCUT2D eigenvalue weighted by Gasteiger charge is -2.08. The van der Waals surface area contributed by atoms with Gasteiger partial charge in [-0.1, -0.05) is 11.2 Å². The number of amides is 1. The minimum Gasteiger partial charge on any atom is -0.465 e. The molecule has 1 rings (SSSR count). The number of aliphatic hydroxyl groups is 1. The van der Waals surface area contributed by atoms with Crippen LogP contribution in [0.25, 0.3) is 10.4 Å². The maximum absolute atomic E-state index is 10.3. The van der Waals surface area contributed by atoms with Crippen molar-refractivity contribution in [3.63, 3.8) is 0 Å². The van der Waals surface area contributed by atoms with E-state index in [1.165, 1.54) is 18.2 Å². The lowest BCUT2D eigenvalue weighted by Crippen LogP contribution is -2.11. The standard InChI is InChI=1S/C8H9N5O3/c9-13-10-4-6(14)5-2-1-3-7(11-5)12-8(15)16/h1-3,6,14H,4H2,(H,11,12)(H,15,16)/t6-/m1/s1. The zero-order chi connectivity index (χ0) is 12.0. The van der Waals surface area contributed by atoms with Gasteiger partial charge in [0.15, 0.2) is 0 Å². The number of nitrogens with one attached hydrogen (secondary N) is 1. The van der Waals surface area contributed by atoms with Crippen molar-refractivity contribution in [2.75, 3.05) is 11.9 Å². The molecule has 8 nitrogen and oxygen atoms in total. The summed E-state index contributed by atoms with van der Waals surface area (Å²) in [5, 5.41) is 23.2. The summed E-state index contributed by atoms with van der Waals surface area (Å²) in [5.41, 5.74) is 8.31. The van der Waals surface area contributed by atoms with Gasteiger partial charge in [-0.25, -0.2) is 9.78 Å². The number of pyridine rings is 1. The normalized spacial score (nSPS) is 11.3. The molecule has 0 bridgehead atoms. The third-order valence-electron chi connectivity index (χ3n) is 1.66. The Hall–Kier alpha value is -2.31. The fraction of sp³-hybridized carbons (Fsp3) is 0.250. The average Bonchev–Trinajstić information content (AvgIpc) is 2.25. The van der Waals surface area contributed by atoms with Crippen molar-refractivity contribution >= 4 is 11.9 Å².